The molecule has 0 saturated carbocycles. The van der Waals surface area contributed by atoms with E-state index in [9.17, 15) is 9.59 Å². The number of ketones is 1. The van der Waals surface area contributed by atoms with Crippen molar-refractivity contribution in [1.29, 1.82) is 0 Å². The highest BCUT2D eigenvalue weighted by molar-refractivity contribution is 6.27. The summed E-state index contributed by atoms with van der Waals surface area (Å²) in [4.78, 5) is 22.7. The minimum atomic E-state index is -0.619. The molecule has 76 valence electrons. The average Bonchev–Trinajstić information content (AvgIpc) is 2.83. The van der Waals surface area contributed by atoms with Gasteiger partial charge in [0, 0.05) is 5.57 Å². The van der Waals surface area contributed by atoms with Gasteiger partial charge in [-0.25, -0.2) is 4.79 Å². The van der Waals surface area contributed by atoms with Gasteiger partial charge >= 0.3 is 5.97 Å². The van der Waals surface area contributed by atoms with Crippen LogP contribution < -0.4 is 0 Å². The highest BCUT2D eigenvalue weighted by Gasteiger charge is 2.31. The van der Waals surface area contributed by atoms with Gasteiger partial charge in [-0.2, -0.15) is 0 Å². The van der Waals surface area contributed by atoms with Gasteiger partial charge in [-0.1, -0.05) is 12.7 Å². The normalized spacial score (nSPS) is 18.9. The van der Waals surface area contributed by atoms with E-state index in [0.29, 0.717) is 11.3 Å². The highest BCUT2D eigenvalue weighted by Crippen LogP contribution is 2.24. The van der Waals surface area contributed by atoms with E-state index in [1.165, 1.54) is 12.3 Å². The second kappa shape index (κ2) is 3.57. The molecule has 2 rings (SSSR count). The van der Waals surface area contributed by atoms with Crippen LogP contribution in [0.2, 0.25) is 0 Å². The summed E-state index contributed by atoms with van der Waals surface area (Å²) in [6.07, 6.45) is 2.88. The fourth-order valence-electron chi connectivity index (χ4n) is 1.41. The Bertz CT molecular complexity index is 433. The molecular weight excluding hydrogens is 196 g/mol. The van der Waals surface area contributed by atoms with E-state index in [2.05, 4.69) is 11.3 Å². The molecule has 0 N–H and O–H groups in total. The van der Waals surface area contributed by atoms with Gasteiger partial charge in [0.2, 0.25) is 5.78 Å². The third-order valence-electron chi connectivity index (χ3n) is 2.08. The molecule has 0 atom stereocenters. The van der Waals surface area contributed by atoms with Gasteiger partial charge < -0.3 is 9.15 Å². The fourth-order valence-corrected chi connectivity index (χ4v) is 1.41. The van der Waals surface area contributed by atoms with Crippen molar-refractivity contribution in [2.75, 3.05) is 6.61 Å². The molecule has 0 bridgehead atoms. The van der Waals surface area contributed by atoms with E-state index in [-0.39, 0.29) is 18.0 Å². The Hall–Kier alpha value is -2.10. The van der Waals surface area contributed by atoms with E-state index in [1.54, 1.807) is 12.1 Å². The lowest BCUT2D eigenvalue weighted by Crippen LogP contribution is -2.04. The van der Waals surface area contributed by atoms with Crippen molar-refractivity contribution < 1.29 is 18.7 Å². The SMILES string of the molecule is C=C/C(=C1\C(=O)COC1=O)c1ccco1. The summed E-state index contributed by atoms with van der Waals surface area (Å²) in [7, 11) is 0. The van der Waals surface area contributed by atoms with Crippen LogP contribution in [0.1, 0.15) is 5.76 Å². The standard InChI is InChI=1S/C11H8O4/c1-2-7(9-4-3-5-14-9)10-8(12)6-15-11(10)13/h2-5H,1,6H2/b10-7-. The second-order valence-electron chi connectivity index (χ2n) is 2.97. The van der Waals surface area contributed by atoms with E-state index < -0.39 is 5.97 Å². The van der Waals surface area contributed by atoms with Gasteiger partial charge in [0.05, 0.1) is 6.26 Å². The molecular formula is C11H8O4. The first-order chi connectivity index (χ1) is 7.24. The van der Waals surface area contributed by atoms with Gasteiger partial charge in [-0.3, -0.25) is 4.79 Å². The second-order valence-corrected chi connectivity index (χ2v) is 2.97. The Kier molecular flexibility index (Phi) is 2.25. The van der Waals surface area contributed by atoms with Crippen molar-refractivity contribution in [3.05, 3.63) is 42.4 Å². The van der Waals surface area contributed by atoms with E-state index in [1.807, 2.05) is 0 Å². The van der Waals surface area contributed by atoms with Gasteiger partial charge in [-0.15, -0.1) is 0 Å². The Balaban J connectivity index is 2.57. The zero-order chi connectivity index (χ0) is 10.8. The molecule has 1 saturated heterocycles. The van der Waals surface area contributed by atoms with Crippen LogP contribution in [0.25, 0.3) is 5.57 Å². The molecule has 0 aliphatic carbocycles. The van der Waals surface area contributed by atoms with Crippen molar-refractivity contribution >= 4 is 17.3 Å². The van der Waals surface area contributed by atoms with Crippen molar-refractivity contribution in [3.63, 3.8) is 0 Å². The first-order valence-electron chi connectivity index (χ1n) is 4.35. The molecule has 4 heteroatoms. The van der Waals surface area contributed by atoms with Crippen LogP contribution in [0.4, 0.5) is 0 Å². The Morgan fingerprint density at radius 3 is 2.73 bits per heavy atom. The maximum absolute atomic E-state index is 11.4. The highest BCUT2D eigenvalue weighted by atomic mass is 16.5. The topological polar surface area (TPSA) is 56.5 Å². The summed E-state index contributed by atoms with van der Waals surface area (Å²) in [5, 5.41) is 0. The van der Waals surface area contributed by atoms with Crippen molar-refractivity contribution in [3.8, 4) is 0 Å². The number of hydrogen-bond acceptors (Lipinski definition) is 4. The van der Waals surface area contributed by atoms with E-state index >= 15 is 0 Å². The molecule has 0 amide bonds. The van der Waals surface area contributed by atoms with E-state index in [0.717, 1.165) is 0 Å². The van der Waals surface area contributed by atoms with Gasteiger partial charge in [0.1, 0.15) is 11.3 Å². The van der Waals surface area contributed by atoms with Gasteiger partial charge in [0.15, 0.2) is 6.61 Å². The first kappa shape index (κ1) is 9.45. The number of esters is 1. The maximum atomic E-state index is 11.4. The predicted octanol–water partition coefficient (Wildman–Crippen LogP) is 1.35. The van der Waals surface area contributed by atoms with Gasteiger partial charge in [0.25, 0.3) is 0 Å². The smallest absolute Gasteiger partial charge is 0.343 e. The Morgan fingerprint density at radius 1 is 1.47 bits per heavy atom. The van der Waals surface area contributed by atoms with Gasteiger partial charge in [-0.05, 0) is 12.1 Å². The minimum absolute atomic E-state index is 0.0138. The van der Waals surface area contributed by atoms with Crippen LogP contribution in [0.3, 0.4) is 0 Å². The molecule has 0 aromatic carbocycles. The summed E-state index contributed by atoms with van der Waals surface area (Å²) < 4.78 is 9.73. The summed E-state index contributed by atoms with van der Waals surface area (Å²) in [5.74, 6) is -0.523. The van der Waals surface area contributed by atoms with Crippen LogP contribution in [-0.4, -0.2) is 18.4 Å². The number of ether oxygens (including phenoxy) is 1. The number of rotatable bonds is 2. The lowest BCUT2D eigenvalue weighted by molar-refractivity contribution is -0.135. The number of Topliss-reactive ketones (excluding diaryl/α,β-unsaturated/α-hetero) is 1. The maximum Gasteiger partial charge on any atom is 0.343 e. The molecule has 1 aromatic heterocycles. The quantitative estimate of drug-likeness (QED) is 0.414. The number of carbonyl (C=O) groups is 2. The van der Waals surface area contributed by atoms with Crippen molar-refractivity contribution in [2.45, 2.75) is 0 Å². The monoisotopic (exact) mass is 204 g/mol. The van der Waals surface area contributed by atoms with E-state index in [4.69, 9.17) is 4.42 Å². The zero-order valence-electron chi connectivity index (χ0n) is 7.86. The Morgan fingerprint density at radius 2 is 2.27 bits per heavy atom. The van der Waals surface area contributed by atoms with Crippen LogP contribution in [0.15, 0.2) is 41.0 Å². The molecule has 4 nitrogen and oxygen atoms in total. The van der Waals surface area contributed by atoms with Crippen molar-refractivity contribution in [2.24, 2.45) is 0 Å². The lowest BCUT2D eigenvalue weighted by atomic mass is 10.0. The third-order valence-corrected chi connectivity index (χ3v) is 2.08. The van der Waals surface area contributed by atoms with Crippen LogP contribution in [-0.2, 0) is 14.3 Å². The third kappa shape index (κ3) is 1.50. The van der Waals surface area contributed by atoms with Crippen molar-refractivity contribution in [1.82, 2.24) is 0 Å². The molecule has 1 fully saturated rings. The summed E-state index contributed by atoms with van der Waals surface area (Å²) in [6, 6.07) is 3.33. The Labute approximate surface area is 85.8 Å². The molecule has 0 unspecified atom stereocenters. The average molecular weight is 204 g/mol. The van der Waals surface area contributed by atoms with Crippen LogP contribution in [0.5, 0.6) is 0 Å². The number of furan rings is 1. The summed E-state index contributed by atoms with van der Waals surface area (Å²) >= 11 is 0. The lowest BCUT2D eigenvalue weighted by Gasteiger charge is -1.98. The van der Waals surface area contributed by atoms with Crippen LogP contribution >= 0.6 is 0 Å². The number of carbonyl (C=O) groups excluding carboxylic acids is 2. The molecule has 2 heterocycles. The van der Waals surface area contributed by atoms with Crippen LogP contribution in [0, 0.1) is 0 Å². The number of cyclic esters (lactones) is 1. The molecule has 15 heavy (non-hydrogen) atoms. The molecule has 1 aromatic rings. The summed E-state index contributed by atoms with van der Waals surface area (Å²) in [5.41, 5.74) is 0.396. The minimum Gasteiger partial charge on any atom is -0.464 e. The first-order valence-corrected chi connectivity index (χ1v) is 4.35. The predicted molar refractivity (Wildman–Crippen MR) is 51.8 cm³/mol. The largest absolute Gasteiger partial charge is 0.464 e. The zero-order valence-corrected chi connectivity index (χ0v) is 7.86. The molecule has 1 aliphatic heterocycles. The number of hydrogen-bond donors (Lipinski definition) is 0. The molecule has 0 spiro atoms. The number of allylic oxidation sites excluding steroid dienone is 2. The molecule has 0 radical (unpaired) electrons. The fraction of sp³-hybridized carbons (Fsp3) is 0.0909. The summed E-state index contributed by atoms with van der Waals surface area (Å²) in [6.45, 7) is 3.35. The molecule has 1 aliphatic rings.